The average Bonchev–Trinajstić information content (AvgIpc) is 2.90. The first-order valence-electron chi connectivity index (χ1n) is 11.0. The minimum Gasteiger partial charge on any atom is -0.480 e. The molecule has 0 radical (unpaired) electrons. The number of ether oxygens (including phenoxy) is 2. The Morgan fingerprint density at radius 1 is 0.778 bits per heavy atom. The van der Waals surface area contributed by atoms with Crippen LogP contribution in [0.2, 0.25) is 0 Å². The van der Waals surface area contributed by atoms with Gasteiger partial charge in [0.1, 0.15) is 29.0 Å². The molecule has 1 aliphatic rings. The lowest BCUT2D eigenvalue weighted by atomic mass is 10.1. The largest absolute Gasteiger partial charge is 0.480 e. The molecule has 1 aromatic heterocycles. The molecule has 10 heteroatoms. The lowest BCUT2D eigenvalue weighted by molar-refractivity contribution is -0.141. The minimum atomic E-state index is -4.11. The normalized spacial score (nSPS) is 15.6. The molecule has 182 valence electrons. The van der Waals surface area contributed by atoms with Crippen LogP contribution in [-0.2, 0) is 27.8 Å². The monoisotopic (exact) mass is 503 g/mol. The van der Waals surface area contributed by atoms with Crippen molar-refractivity contribution in [2.75, 3.05) is 0 Å². The number of carboxylic acids is 1. The second-order valence-corrected chi connectivity index (χ2v) is 9.91. The van der Waals surface area contributed by atoms with Crippen LogP contribution in [0.4, 0.5) is 0 Å². The summed E-state index contributed by atoms with van der Waals surface area (Å²) < 4.78 is 39.2. The molecular weight excluding hydrogens is 482 g/mol. The standard InChI is InChI=1S/C26H21N3O6S/c30-26(31)25-16-23-24(28-15-14-27-23)17-29(25)36(32,33)22-12-10-21(11-13-22)35-20-8-6-19(7-9-20)34-18-4-2-1-3-5-18/h1-15,25H,16-17H2,(H,30,31)/t25-/m1/s1. The summed E-state index contributed by atoms with van der Waals surface area (Å²) >= 11 is 0. The third-order valence-corrected chi connectivity index (χ3v) is 7.52. The van der Waals surface area contributed by atoms with E-state index in [1.807, 2.05) is 30.3 Å². The first-order valence-corrected chi connectivity index (χ1v) is 12.5. The van der Waals surface area contributed by atoms with Crippen LogP contribution < -0.4 is 9.47 Å². The Kier molecular flexibility index (Phi) is 6.36. The lowest BCUT2D eigenvalue weighted by Crippen LogP contribution is -2.49. The maximum absolute atomic E-state index is 13.3. The van der Waals surface area contributed by atoms with Crippen LogP contribution in [-0.4, -0.2) is 39.8 Å². The van der Waals surface area contributed by atoms with Crippen molar-refractivity contribution in [3.8, 4) is 23.0 Å². The minimum absolute atomic E-state index is 0.0416. The summed E-state index contributed by atoms with van der Waals surface area (Å²) in [4.78, 5) is 20.1. The molecule has 0 aliphatic carbocycles. The number of nitrogens with zero attached hydrogens (tertiary/aromatic N) is 3. The number of fused-ring (bicyclic) bond motifs is 1. The quantitative estimate of drug-likeness (QED) is 0.397. The summed E-state index contributed by atoms with van der Waals surface area (Å²) in [5.74, 6) is 1.10. The van der Waals surface area contributed by atoms with Gasteiger partial charge in [-0.3, -0.25) is 14.8 Å². The number of benzene rings is 3. The van der Waals surface area contributed by atoms with Crippen LogP contribution in [0.3, 0.4) is 0 Å². The Balaban J connectivity index is 1.30. The number of carboxylic acid groups (broad SMARTS) is 1. The fourth-order valence-corrected chi connectivity index (χ4v) is 5.40. The van der Waals surface area contributed by atoms with Crippen molar-refractivity contribution in [1.29, 1.82) is 0 Å². The van der Waals surface area contributed by atoms with E-state index in [1.165, 1.54) is 36.7 Å². The molecule has 1 aliphatic heterocycles. The van der Waals surface area contributed by atoms with Gasteiger partial charge in [-0.25, -0.2) is 8.42 Å². The maximum Gasteiger partial charge on any atom is 0.322 e. The van der Waals surface area contributed by atoms with Crippen molar-refractivity contribution >= 4 is 16.0 Å². The molecule has 0 saturated heterocycles. The van der Waals surface area contributed by atoms with Gasteiger partial charge in [-0.15, -0.1) is 0 Å². The fourth-order valence-electron chi connectivity index (χ4n) is 3.86. The second-order valence-electron chi connectivity index (χ2n) is 8.02. The third-order valence-electron chi connectivity index (χ3n) is 5.65. The molecule has 4 aromatic rings. The van der Waals surface area contributed by atoms with E-state index < -0.39 is 22.0 Å². The molecule has 0 bridgehead atoms. The SMILES string of the molecule is O=C(O)[C@H]1Cc2nccnc2CN1S(=O)(=O)c1ccc(Oc2ccc(Oc3ccccc3)cc2)cc1. The molecule has 5 rings (SSSR count). The maximum atomic E-state index is 13.3. The number of sulfonamides is 1. The molecule has 0 fully saturated rings. The van der Waals surface area contributed by atoms with Gasteiger partial charge in [0, 0.05) is 18.8 Å². The summed E-state index contributed by atoms with van der Waals surface area (Å²) in [5, 5.41) is 9.67. The van der Waals surface area contributed by atoms with Crippen LogP contribution in [0, 0.1) is 0 Å². The number of rotatable bonds is 7. The Morgan fingerprint density at radius 3 is 1.83 bits per heavy atom. The van der Waals surface area contributed by atoms with Crippen molar-refractivity contribution in [2.45, 2.75) is 23.9 Å². The van der Waals surface area contributed by atoms with Crippen LogP contribution in [0.1, 0.15) is 11.4 Å². The summed E-state index contributed by atoms with van der Waals surface area (Å²) in [6, 6.07) is 21.0. The van der Waals surface area contributed by atoms with Crippen molar-refractivity contribution in [3.63, 3.8) is 0 Å². The predicted octanol–water partition coefficient (Wildman–Crippen LogP) is 4.26. The van der Waals surface area contributed by atoms with Crippen LogP contribution in [0.5, 0.6) is 23.0 Å². The number of aromatic nitrogens is 2. The van der Waals surface area contributed by atoms with Crippen LogP contribution in [0.15, 0.2) is 96.2 Å². The average molecular weight is 504 g/mol. The van der Waals surface area contributed by atoms with Crippen LogP contribution >= 0.6 is 0 Å². The highest BCUT2D eigenvalue weighted by molar-refractivity contribution is 7.89. The Morgan fingerprint density at radius 2 is 1.28 bits per heavy atom. The topological polar surface area (TPSA) is 119 Å². The highest BCUT2D eigenvalue weighted by Gasteiger charge is 2.40. The van der Waals surface area contributed by atoms with Crippen molar-refractivity contribution in [2.24, 2.45) is 0 Å². The van der Waals surface area contributed by atoms with Gasteiger partial charge in [0.05, 0.1) is 22.8 Å². The molecule has 36 heavy (non-hydrogen) atoms. The molecule has 9 nitrogen and oxygen atoms in total. The van der Waals surface area contributed by atoms with Crippen LogP contribution in [0.25, 0.3) is 0 Å². The van der Waals surface area contributed by atoms with E-state index in [-0.39, 0.29) is 17.9 Å². The third kappa shape index (κ3) is 4.90. The fraction of sp³-hybridized carbons (Fsp3) is 0.115. The smallest absolute Gasteiger partial charge is 0.322 e. The Labute approximate surface area is 207 Å². The number of hydrogen-bond acceptors (Lipinski definition) is 7. The molecule has 0 unspecified atom stereocenters. The first-order chi connectivity index (χ1) is 17.4. The predicted molar refractivity (Wildman–Crippen MR) is 129 cm³/mol. The van der Waals surface area contributed by atoms with Gasteiger partial charge in [0.25, 0.3) is 0 Å². The molecule has 0 amide bonds. The molecule has 2 heterocycles. The number of hydrogen-bond donors (Lipinski definition) is 1. The van der Waals surface area contributed by atoms with Gasteiger partial charge in [-0.1, -0.05) is 18.2 Å². The summed E-state index contributed by atoms with van der Waals surface area (Å²) in [6.45, 7) is -0.169. The first kappa shape index (κ1) is 23.5. The van der Waals surface area contributed by atoms with Gasteiger partial charge < -0.3 is 14.6 Å². The summed E-state index contributed by atoms with van der Waals surface area (Å²) in [5.41, 5.74) is 0.929. The zero-order valence-electron chi connectivity index (χ0n) is 18.9. The molecular formula is C26H21N3O6S. The van der Waals surface area contributed by atoms with Gasteiger partial charge in [0.15, 0.2) is 0 Å². The van der Waals surface area contributed by atoms with Gasteiger partial charge in [0.2, 0.25) is 10.0 Å². The second kappa shape index (κ2) is 9.76. The number of para-hydroxylation sites is 1. The molecule has 3 aromatic carbocycles. The van der Waals surface area contributed by atoms with Gasteiger partial charge >= 0.3 is 5.97 Å². The van der Waals surface area contributed by atoms with Gasteiger partial charge in [-0.2, -0.15) is 4.31 Å². The molecule has 1 N–H and O–H groups in total. The number of carbonyl (C=O) groups is 1. The molecule has 0 saturated carbocycles. The molecule has 1 atom stereocenters. The van der Waals surface area contributed by atoms with Crippen molar-refractivity contribution in [1.82, 2.24) is 14.3 Å². The Bertz CT molecular complexity index is 1480. The molecule has 0 spiro atoms. The van der Waals surface area contributed by atoms with Gasteiger partial charge in [-0.05, 0) is 60.7 Å². The lowest BCUT2D eigenvalue weighted by Gasteiger charge is -2.32. The van der Waals surface area contributed by atoms with E-state index in [0.29, 0.717) is 28.6 Å². The van der Waals surface area contributed by atoms with E-state index in [0.717, 1.165) is 10.1 Å². The highest BCUT2D eigenvalue weighted by atomic mass is 32.2. The summed E-state index contributed by atoms with van der Waals surface area (Å²) in [6.07, 6.45) is 2.87. The van der Waals surface area contributed by atoms with E-state index in [1.54, 1.807) is 24.3 Å². The van der Waals surface area contributed by atoms with Crippen molar-refractivity contribution < 1.29 is 27.8 Å². The van der Waals surface area contributed by atoms with E-state index in [4.69, 9.17) is 9.47 Å². The number of aliphatic carboxylic acids is 1. The Hall–Kier alpha value is -4.28. The summed E-state index contributed by atoms with van der Waals surface area (Å²) in [7, 11) is -4.11. The van der Waals surface area contributed by atoms with E-state index >= 15 is 0 Å². The van der Waals surface area contributed by atoms with Crippen molar-refractivity contribution in [3.05, 3.63) is 103 Å². The zero-order chi connectivity index (χ0) is 25.1. The highest BCUT2D eigenvalue weighted by Crippen LogP contribution is 2.30. The van der Waals surface area contributed by atoms with E-state index in [9.17, 15) is 18.3 Å². The van der Waals surface area contributed by atoms with E-state index in [2.05, 4.69) is 9.97 Å². The zero-order valence-corrected chi connectivity index (χ0v) is 19.7.